The minimum Gasteiger partial charge on any atom is -0.480 e. The zero-order chi connectivity index (χ0) is 36.0. The number of ether oxygens (including phenoxy) is 1. The van der Waals surface area contributed by atoms with Crippen molar-refractivity contribution in [1.29, 1.82) is 0 Å². The summed E-state index contributed by atoms with van der Waals surface area (Å²) in [5.41, 5.74) is 5.46. The van der Waals surface area contributed by atoms with Gasteiger partial charge in [-0.25, -0.2) is 4.79 Å². The first-order chi connectivity index (χ1) is 23.9. The molecule has 0 heterocycles. The fraction of sp³-hybridized carbons (Fsp3) is 0.738. The zero-order valence-corrected chi connectivity index (χ0v) is 31.5. The molecule has 0 saturated heterocycles. The maximum atomic E-state index is 12.5. The second kappa shape index (κ2) is 36.6. The van der Waals surface area contributed by atoms with E-state index >= 15 is 0 Å². The Morgan fingerprint density at radius 1 is 0.612 bits per heavy atom. The number of carbonyl (C=O) groups excluding carboxylic acids is 2. The molecule has 0 fully saturated rings. The zero-order valence-electron chi connectivity index (χ0n) is 31.5. The highest BCUT2D eigenvalue weighted by Gasteiger charge is 2.19. The van der Waals surface area contributed by atoms with E-state index in [1.807, 2.05) is 0 Å². The number of nitrogens with one attached hydrogen (secondary N) is 1. The molecule has 0 radical (unpaired) electrons. The van der Waals surface area contributed by atoms with Crippen LogP contribution in [-0.4, -0.2) is 41.6 Å². The summed E-state index contributed by atoms with van der Waals surface area (Å²) < 4.78 is 5.84. The van der Waals surface area contributed by atoms with E-state index in [1.165, 1.54) is 57.8 Å². The van der Waals surface area contributed by atoms with Crippen LogP contribution in [0.3, 0.4) is 0 Å². The van der Waals surface area contributed by atoms with Gasteiger partial charge in [0.05, 0.1) is 0 Å². The molecule has 4 N–H and O–H groups in total. The summed E-state index contributed by atoms with van der Waals surface area (Å²) in [6.45, 7) is 4.71. The Morgan fingerprint density at radius 2 is 1.12 bits per heavy atom. The number of nitrogens with two attached hydrogens (primary N) is 1. The van der Waals surface area contributed by atoms with E-state index < -0.39 is 12.0 Å². The Hall–Kier alpha value is -2.67. The Kier molecular flexibility index (Phi) is 34.6. The molecule has 282 valence electrons. The van der Waals surface area contributed by atoms with E-state index in [0.717, 1.165) is 77.0 Å². The summed E-state index contributed by atoms with van der Waals surface area (Å²) in [7, 11) is 0. The number of carboxylic acids is 1. The number of allylic oxidation sites excluding steroid dienone is 8. The molecular weight excluding hydrogens is 612 g/mol. The number of rotatable bonds is 35. The van der Waals surface area contributed by atoms with Gasteiger partial charge in [0.2, 0.25) is 5.91 Å². The maximum Gasteiger partial charge on any atom is 0.326 e. The van der Waals surface area contributed by atoms with Crippen molar-refractivity contribution < 1.29 is 24.2 Å². The lowest BCUT2D eigenvalue weighted by molar-refractivity contribution is -0.150. The van der Waals surface area contributed by atoms with Crippen molar-refractivity contribution in [1.82, 2.24) is 5.32 Å². The van der Waals surface area contributed by atoms with Crippen molar-refractivity contribution >= 4 is 17.8 Å². The number of amides is 1. The van der Waals surface area contributed by atoms with Crippen molar-refractivity contribution in [2.24, 2.45) is 5.73 Å². The van der Waals surface area contributed by atoms with Crippen LogP contribution in [0.1, 0.15) is 181 Å². The van der Waals surface area contributed by atoms with Crippen molar-refractivity contribution in [3.63, 3.8) is 0 Å². The number of hydrogen-bond acceptors (Lipinski definition) is 5. The van der Waals surface area contributed by atoms with E-state index in [4.69, 9.17) is 10.5 Å². The first-order valence-corrected chi connectivity index (χ1v) is 20.0. The SMILES string of the molecule is CC/C=C\C/C=C\C/C=C\C/C=C\CCCCCCCCCCCCC(=O)OC(CCCC)CCCCCC(=O)NC(CCCN)C(=O)O. The lowest BCUT2D eigenvalue weighted by atomic mass is 10.0. The summed E-state index contributed by atoms with van der Waals surface area (Å²) in [5, 5.41) is 11.9. The average Bonchev–Trinajstić information content (AvgIpc) is 3.08. The fourth-order valence-corrected chi connectivity index (χ4v) is 5.66. The van der Waals surface area contributed by atoms with Crippen LogP contribution in [0.2, 0.25) is 0 Å². The summed E-state index contributed by atoms with van der Waals surface area (Å²) in [4.78, 5) is 36.0. The lowest BCUT2D eigenvalue weighted by Gasteiger charge is -2.18. The number of esters is 1. The van der Waals surface area contributed by atoms with Crippen molar-refractivity contribution in [2.45, 2.75) is 193 Å². The molecule has 0 saturated carbocycles. The standard InChI is InChI=1S/C42H74N2O5/c1-3-5-7-8-9-10-11-12-13-14-15-16-17-18-19-20-21-22-23-24-25-26-30-36-41(46)49-38(32-6-4-2)33-28-27-29-35-40(45)44-39(42(47)48)34-31-37-43/h5,7,9-10,12-13,15-16,38-39H,3-4,6,8,11,14,17-37,43H2,1-2H3,(H,44,45)(H,47,48)/b7-5-,10-9-,13-12-,16-15-. The van der Waals surface area contributed by atoms with Crippen molar-refractivity contribution in [2.75, 3.05) is 6.54 Å². The van der Waals surface area contributed by atoms with Gasteiger partial charge < -0.3 is 20.9 Å². The molecular formula is C42H74N2O5. The minimum atomic E-state index is -1.02. The van der Waals surface area contributed by atoms with Gasteiger partial charge in [-0.1, -0.05) is 133 Å². The molecule has 1 amide bonds. The normalized spacial score (nSPS) is 13.2. The van der Waals surface area contributed by atoms with Crippen LogP contribution >= 0.6 is 0 Å². The van der Waals surface area contributed by atoms with Gasteiger partial charge in [-0.05, 0) is 90.0 Å². The van der Waals surface area contributed by atoms with Gasteiger partial charge in [-0.15, -0.1) is 0 Å². The number of hydrogen-bond donors (Lipinski definition) is 3. The molecule has 0 bridgehead atoms. The van der Waals surface area contributed by atoms with Crippen LogP contribution in [0.25, 0.3) is 0 Å². The largest absolute Gasteiger partial charge is 0.480 e. The molecule has 7 heteroatoms. The smallest absolute Gasteiger partial charge is 0.326 e. The Bertz CT molecular complexity index is 911. The van der Waals surface area contributed by atoms with Crippen LogP contribution in [0.5, 0.6) is 0 Å². The molecule has 2 atom stereocenters. The van der Waals surface area contributed by atoms with E-state index in [-0.39, 0.29) is 18.0 Å². The summed E-state index contributed by atoms with van der Waals surface area (Å²) in [5.74, 6) is -1.33. The molecule has 0 spiro atoms. The molecule has 0 aromatic rings. The second-order valence-corrected chi connectivity index (χ2v) is 13.3. The van der Waals surface area contributed by atoms with Gasteiger partial charge in [0, 0.05) is 12.8 Å². The van der Waals surface area contributed by atoms with E-state index in [1.54, 1.807) is 0 Å². The third-order valence-electron chi connectivity index (χ3n) is 8.66. The van der Waals surface area contributed by atoms with Gasteiger partial charge in [-0.3, -0.25) is 9.59 Å². The van der Waals surface area contributed by atoms with Gasteiger partial charge in [-0.2, -0.15) is 0 Å². The molecule has 0 aliphatic heterocycles. The van der Waals surface area contributed by atoms with E-state index in [2.05, 4.69) is 67.8 Å². The third kappa shape index (κ3) is 33.6. The molecule has 0 aromatic carbocycles. The average molecular weight is 687 g/mol. The number of aliphatic carboxylic acids is 1. The quantitative estimate of drug-likeness (QED) is 0.0347. The van der Waals surface area contributed by atoms with Crippen LogP contribution in [0.15, 0.2) is 48.6 Å². The van der Waals surface area contributed by atoms with Gasteiger partial charge in [0.25, 0.3) is 0 Å². The number of carbonyl (C=O) groups is 3. The molecule has 0 rings (SSSR count). The second-order valence-electron chi connectivity index (χ2n) is 13.3. The topological polar surface area (TPSA) is 119 Å². The monoisotopic (exact) mass is 687 g/mol. The van der Waals surface area contributed by atoms with Gasteiger partial charge in [0.1, 0.15) is 12.1 Å². The van der Waals surface area contributed by atoms with Crippen LogP contribution in [0, 0.1) is 0 Å². The summed E-state index contributed by atoms with van der Waals surface area (Å²) in [6.07, 6.45) is 43.6. The number of unbranched alkanes of at least 4 members (excludes halogenated alkanes) is 13. The highest BCUT2D eigenvalue weighted by atomic mass is 16.5. The molecule has 0 aromatic heterocycles. The molecule has 0 aliphatic carbocycles. The Balaban J connectivity index is 3.80. The molecule has 49 heavy (non-hydrogen) atoms. The predicted octanol–water partition coefficient (Wildman–Crippen LogP) is 10.8. The summed E-state index contributed by atoms with van der Waals surface area (Å²) in [6, 6.07) is -0.873. The van der Waals surface area contributed by atoms with Crippen LogP contribution < -0.4 is 11.1 Å². The van der Waals surface area contributed by atoms with Crippen LogP contribution in [-0.2, 0) is 19.1 Å². The highest BCUT2D eigenvalue weighted by molar-refractivity contribution is 5.83. The van der Waals surface area contributed by atoms with Gasteiger partial charge >= 0.3 is 11.9 Å². The Labute approximate surface area is 300 Å². The molecule has 7 nitrogen and oxygen atoms in total. The first kappa shape index (κ1) is 46.3. The van der Waals surface area contributed by atoms with Crippen molar-refractivity contribution in [3.05, 3.63) is 48.6 Å². The number of carboxylic acid groups (broad SMARTS) is 1. The third-order valence-corrected chi connectivity index (χ3v) is 8.66. The van der Waals surface area contributed by atoms with Crippen LogP contribution in [0.4, 0.5) is 0 Å². The molecule has 2 unspecified atom stereocenters. The van der Waals surface area contributed by atoms with Crippen molar-refractivity contribution in [3.8, 4) is 0 Å². The molecule has 0 aliphatic rings. The lowest BCUT2D eigenvalue weighted by Crippen LogP contribution is -2.40. The van der Waals surface area contributed by atoms with E-state index in [9.17, 15) is 19.5 Å². The Morgan fingerprint density at radius 3 is 1.69 bits per heavy atom. The minimum absolute atomic E-state index is 0.0529. The van der Waals surface area contributed by atoms with Gasteiger partial charge in [0.15, 0.2) is 0 Å². The maximum absolute atomic E-state index is 12.5. The summed E-state index contributed by atoms with van der Waals surface area (Å²) >= 11 is 0. The first-order valence-electron chi connectivity index (χ1n) is 20.0. The highest BCUT2D eigenvalue weighted by Crippen LogP contribution is 2.17. The predicted molar refractivity (Wildman–Crippen MR) is 206 cm³/mol. The van der Waals surface area contributed by atoms with E-state index in [0.29, 0.717) is 38.6 Å². The fourth-order valence-electron chi connectivity index (χ4n) is 5.66.